The minimum absolute atomic E-state index is 0.207. The second-order valence-electron chi connectivity index (χ2n) is 5.25. The highest BCUT2D eigenvalue weighted by Crippen LogP contribution is 2.29. The summed E-state index contributed by atoms with van der Waals surface area (Å²) in [6, 6.07) is 11.5. The van der Waals surface area contributed by atoms with Crippen molar-refractivity contribution in [1.29, 1.82) is 0 Å². The van der Waals surface area contributed by atoms with Crippen LogP contribution in [0.25, 0.3) is 6.08 Å². The Kier molecular flexibility index (Phi) is 7.16. The molecule has 5 heteroatoms. The fourth-order valence-corrected chi connectivity index (χ4v) is 2.38. The van der Waals surface area contributed by atoms with Crippen LogP contribution in [0.4, 0.5) is 0 Å². The number of ether oxygens (including phenoxy) is 5. The van der Waals surface area contributed by atoms with Crippen LogP contribution in [0.3, 0.4) is 0 Å². The number of allylic oxidation sites excluding steroid dienone is 1. The third-order valence-electron chi connectivity index (χ3n) is 3.66. The summed E-state index contributed by atoms with van der Waals surface area (Å²) in [5.74, 6) is 2.98. The maximum Gasteiger partial charge on any atom is 0.188 e. The van der Waals surface area contributed by atoms with Gasteiger partial charge in [-0.3, -0.25) is 0 Å². The molecule has 25 heavy (non-hydrogen) atoms. The van der Waals surface area contributed by atoms with E-state index >= 15 is 0 Å². The second kappa shape index (κ2) is 9.59. The van der Waals surface area contributed by atoms with E-state index in [-0.39, 0.29) is 6.79 Å². The van der Waals surface area contributed by atoms with Gasteiger partial charge in [-0.15, -0.1) is 0 Å². The summed E-state index contributed by atoms with van der Waals surface area (Å²) in [5.41, 5.74) is 2.05. The first-order valence-electron chi connectivity index (χ1n) is 7.89. The van der Waals surface area contributed by atoms with Crippen LogP contribution in [-0.4, -0.2) is 35.2 Å². The van der Waals surface area contributed by atoms with Gasteiger partial charge in [-0.05, 0) is 42.3 Å². The first-order chi connectivity index (χ1) is 12.2. The molecule has 0 spiro atoms. The molecule has 0 unspecified atom stereocenters. The molecule has 134 valence electrons. The Balaban J connectivity index is 2.15. The summed E-state index contributed by atoms with van der Waals surface area (Å²) in [6.07, 6.45) is 4.79. The average molecular weight is 344 g/mol. The molecule has 0 heterocycles. The first kappa shape index (κ1) is 18.7. The summed E-state index contributed by atoms with van der Waals surface area (Å²) < 4.78 is 26.5. The highest BCUT2D eigenvalue weighted by molar-refractivity contribution is 5.56. The summed E-state index contributed by atoms with van der Waals surface area (Å²) >= 11 is 0. The zero-order valence-electron chi connectivity index (χ0n) is 15.1. The SMILES string of the molecule is COCOc1ccc(OC)cc1CC=Cc1ccc(OC)c(OC)c1. The molecular weight excluding hydrogens is 320 g/mol. The standard InChI is InChI=1S/C20H24O5/c1-21-14-25-18-11-9-17(22-2)13-16(18)7-5-6-15-8-10-19(23-3)20(12-15)24-4/h5-6,8-13H,7,14H2,1-4H3. The Morgan fingerprint density at radius 1 is 0.800 bits per heavy atom. The average Bonchev–Trinajstić information content (AvgIpc) is 2.66. The highest BCUT2D eigenvalue weighted by atomic mass is 16.7. The Morgan fingerprint density at radius 2 is 1.56 bits per heavy atom. The third kappa shape index (κ3) is 5.16. The van der Waals surface area contributed by atoms with Crippen molar-refractivity contribution in [2.45, 2.75) is 6.42 Å². The van der Waals surface area contributed by atoms with E-state index in [0.29, 0.717) is 17.9 Å². The van der Waals surface area contributed by atoms with Crippen LogP contribution < -0.4 is 18.9 Å². The topological polar surface area (TPSA) is 46.2 Å². The Bertz CT molecular complexity index is 709. The van der Waals surface area contributed by atoms with Crippen LogP contribution in [0, 0.1) is 0 Å². The number of methoxy groups -OCH3 is 4. The van der Waals surface area contributed by atoms with Crippen molar-refractivity contribution >= 4 is 6.08 Å². The highest BCUT2D eigenvalue weighted by Gasteiger charge is 2.06. The van der Waals surface area contributed by atoms with Crippen LogP contribution >= 0.6 is 0 Å². The van der Waals surface area contributed by atoms with Crippen molar-refractivity contribution in [1.82, 2.24) is 0 Å². The summed E-state index contributed by atoms with van der Waals surface area (Å²) in [7, 11) is 6.49. The van der Waals surface area contributed by atoms with Crippen LogP contribution in [0.1, 0.15) is 11.1 Å². The molecule has 2 aromatic carbocycles. The smallest absolute Gasteiger partial charge is 0.188 e. The van der Waals surface area contributed by atoms with E-state index in [2.05, 4.69) is 6.08 Å². The normalized spacial score (nSPS) is 10.7. The Morgan fingerprint density at radius 3 is 2.24 bits per heavy atom. The maximum absolute atomic E-state index is 5.61. The molecule has 5 nitrogen and oxygen atoms in total. The van der Waals surface area contributed by atoms with Gasteiger partial charge < -0.3 is 23.7 Å². The summed E-state index contributed by atoms with van der Waals surface area (Å²) in [6.45, 7) is 0.207. The van der Waals surface area contributed by atoms with E-state index in [4.69, 9.17) is 23.7 Å². The quantitative estimate of drug-likeness (QED) is 0.645. The first-order valence-corrected chi connectivity index (χ1v) is 7.89. The van der Waals surface area contributed by atoms with Crippen molar-refractivity contribution < 1.29 is 23.7 Å². The molecule has 0 saturated heterocycles. The lowest BCUT2D eigenvalue weighted by Gasteiger charge is -2.11. The zero-order valence-corrected chi connectivity index (χ0v) is 15.1. The van der Waals surface area contributed by atoms with Crippen LogP contribution in [-0.2, 0) is 11.2 Å². The van der Waals surface area contributed by atoms with E-state index in [1.807, 2.05) is 42.5 Å². The van der Waals surface area contributed by atoms with Gasteiger partial charge in [0.1, 0.15) is 11.5 Å². The lowest BCUT2D eigenvalue weighted by atomic mass is 10.1. The Hall–Kier alpha value is -2.66. The van der Waals surface area contributed by atoms with E-state index in [9.17, 15) is 0 Å². The van der Waals surface area contributed by atoms with Gasteiger partial charge in [0, 0.05) is 12.7 Å². The molecular formula is C20H24O5. The maximum atomic E-state index is 5.61. The number of benzene rings is 2. The molecule has 0 atom stereocenters. The predicted octanol–water partition coefficient (Wildman–Crippen LogP) is 3.95. The van der Waals surface area contributed by atoms with Gasteiger partial charge in [-0.25, -0.2) is 0 Å². The minimum Gasteiger partial charge on any atom is -0.497 e. The summed E-state index contributed by atoms with van der Waals surface area (Å²) in [5, 5.41) is 0. The van der Waals surface area contributed by atoms with Gasteiger partial charge in [-0.1, -0.05) is 18.2 Å². The zero-order chi connectivity index (χ0) is 18.1. The molecule has 2 aromatic rings. The number of hydrogen-bond donors (Lipinski definition) is 0. The second-order valence-corrected chi connectivity index (χ2v) is 5.25. The third-order valence-corrected chi connectivity index (χ3v) is 3.66. The molecule has 0 amide bonds. The van der Waals surface area contributed by atoms with Gasteiger partial charge in [0.25, 0.3) is 0 Å². The van der Waals surface area contributed by atoms with Crippen LogP contribution in [0.5, 0.6) is 23.0 Å². The predicted molar refractivity (Wildman–Crippen MR) is 97.8 cm³/mol. The fourth-order valence-electron chi connectivity index (χ4n) is 2.38. The summed E-state index contributed by atoms with van der Waals surface area (Å²) in [4.78, 5) is 0. The van der Waals surface area contributed by atoms with Crippen molar-refractivity contribution in [3.05, 3.63) is 53.6 Å². The molecule has 0 aromatic heterocycles. The van der Waals surface area contributed by atoms with Crippen LogP contribution in [0.15, 0.2) is 42.5 Å². The van der Waals surface area contributed by atoms with Crippen molar-refractivity contribution in [2.24, 2.45) is 0 Å². The molecule has 2 rings (SSSR count). The largest absolute Gasteiger partial charge is 0.497 e. The molecule has 0 N–H and O–H groups in total. The van der Waals surface area contributed by atoms with Crippen molar-refractivity contribution in [3.63, 3.8) is 0 Å². The Labute approximate surface area is 148 Å². The lowest BCUT2D eigenvalue weighted by Crippen LogP contribution is -2.01. The van der Waals surface area contributed by atoms with Gasteiger partial charge >= 0.3 is 0 Å². The molecule has 0 fully saturated rings. The molecule has 0 saturated carbocycles. The van der Waals surface area contributed by atoms with E-state index < -0.39 is 0 Å². The number of rotatable bonds is 9. The van der Waals surface area contributed by atoms with E-state index in [1.54, 1.807) is 28.4 Å². The van der Waals surface area contributed by atoms with Crippen molar-refractivity contribution in [2.75, 3.05) is 35.2 Å². The van der Waals surface area contributed by atoms with E-state index in [0.717, 1.165) is 22.6 Å². The molecule has 0 aliphatic heterocycles. The van der Waals surface area contributed by atoms with Crippen molar-refractivity contribution in [3.8, 4) is 23.0 Å². The molecule has 0 aliphatic rings. The molecule has 0 radical (unpaired) electrons. The van der Waals surface area contributed by atoms with Gasteiger partial charge in [0.15, 0.2) is 18.3 Å². The lowest BCUT2D eigenvalue weighted by molar-refractivity contribution is 0.0505. The fraction of sp³-hybridized carbons (Fsp3) is 0.300. The van der Waals surface area contributed by atoms with E-state index in [1.165, 1.54) is 0 Å². The minimum atomic E-state index is 0.207. The monoisotopic (exact) mass is 344 g/mol. The van der Waals surface area contributed by atoms with Gasteiger partial charge in [-0.2, -0.15) is 0 Å². The van der Waals surface area contributed by atoms with Crippen LogP contribution in [0.2, 0.25) is 0 Å². The molecule has 0 bridgehead atoms. The molecule has 0 aliphatic carbocycles. The van der Waals surface area contributed by atoms with Gasteiger partial charge in [0.2, 0.25) is 0 Å². The van der Waals surface area contributed by atoms with Gasteiger partial charge in [0.05, 0.1) is 21.3 Å². The number of hydrogen-bond acceptors (Lipinski definition) is 5.